The van der Waals surface area contributed by atoms with E-state index in [2.05, 4.69) is 16.0 Å². The molecule has 2 heterocycles. The highest BCUT2D eigenvalue weighted by molar-refractivity contribution is 5.77. The summed E-state index contributed by atoms with van der Waals surface area (Å²) in [4.78, 5) is 6.33. The number of nitrogen functional groups attached to an aromatic ring is 1. The van der Waals surface area contributed by atoms with Crippen LogP contribution in [0.2, 0.25) is 0 Å². The maximum Gasteiger partial charge on any atom is 0.144 e. The Morgan fingerprint density at radius 2 is 2.00 bits per heavy atom. The van der Waals surface area contributed by atoms with E-state index in [-0.39, 0.29) is 11.6 Å². The van der Waals surface area contributed by atoms with Crippen LogP contribution < -0.4 is 10.6 Å². The van der Waals surface area contributed by atoms with Crippen LogP contribution in [0.1, 0.15) is 5.56 Å². The summed E-state index contributed by atoms with van der Waals surface area (Å²) in [6, 6.07) is 10.9. The summed E-state index contributed by atoms with van der Waals surface area (Å²) in [5.74, 6) is 0.303. The number of ether oxygens (including phenoxy) is 1. The van der Waals surface area contributed by atoms with Crippen molar-refractivity contribution in [1.29, 1.82) is 5.26 Å². The summed E-state index contributed by atoms with van der Waals surface area (Å²) in [5, 5.41) is 19.4. The number of hydrogen-bond donors (Lipinski definition) is 2. The molecule has 0 spiro atoms. The Morgan fingerprint density at radius 1 is 1.27 bits per heavy atom. The van der Waals surface area contributed by atoms with Crippen molar-refractivity contribution < 1.29 is 9.84 Å². The van der Waals surface area contributed by atoms with Gasteiger partial charge in [0.25, 0.3) is 0 Å². The van der Waals surface area contributed by atoms with Gasteiger partial charge in [-0.1, -0.05) is 12.1 Å². The average Bonchev–Trinajstić information content (AvgIpc) is 2.55. The van der Waals surface area contributed by atoms with E-state index in [1.54, 1.807) is 24.3 Å². The molecule has 1 aromatic carbocycles. The molecule has 1 saturated heterocycles. The first-order chi connectivity index (χ1) is 10.7. The second-order valence-corrected chi connectivity index (χ2v) is 5.02. The Labute approximate surface area is 128 Å². The lowest BCUT2D eigenvalue weighted by Gasteiger charge is -2.30. The Bertz CT molecular complexity index is 733. The van der Waals surface area contributed by atoms with E-state index < -0.39 is 0 Å². The normalized spacial score (nSPS) is 14.6. The molecule has 1 aromatic heterocycles. The molecule has 0 amide bonds. The molecule has 2 aromatic rings. The van der Waals surface area contributed by atoms with Crippen LogP contribution in [0.5, 0.6) is 5.75 Å². The van der Waals surface area contributed by atoms with Gasteiger partial charge in [-0.2, -0.15) is 5.26 Å². The fourth-order valence-corrected chi connectivity index (χ4v) is 2.55. The largest absolute Gasteiger partial charge is 0.507 e. The third-order valence-corrected chi connectivity index (χ3v) is 3.67. The van der Waals surface area contributed by atoms with Crippen molar-refractivity contribution in [3.05, 3.63) is 35.9 Å². The number of aromatic nitrogens is 1. The molecule has 1 aliphatic heterocycles. The van der Waals surface area contributed by atoms with Crippen molar-refractivity contribution in [2.75, 3.05) is 36.9 Å². The average molecular weight is 296 g/mol. The molecule has 0 unspecified atom stereocenters. The van der Waals surface area contributed by atoms with E-state index in [4.69, 9.17) is 10.5 Å². The number of phenolic OH excluding ortho intramolecular Hbond substituents is 1. The van der Waals surface area contributed by atoms with Crippen LogP contribution in [-0.2, 0) is 4.74 Å². The van der Waals surface area contributed by atoms with Crippen molar-refractivity contribution >= 4 is 11.5 Å². The van der Waals surface area contributed by atoms with E-state index in [1.807, 2.05) is 6.07 Å². The minimum atomic E-state index is 0.132. The van der Waals surface area contributed by atoms with Crippen LogP contribution >= 0.6 is 0 Å². The smallest absolute Gasteiger partial charge is 0.144 e. The highest BCUT2D eigenvalue weighted by Crippen LogP contribution is 2.33. The number of aromatic hydroxyl groups is 1. The molecular formula is C16H16N4O2. The number of anilines is 2. The highest BCUT2D eigenvalue weighted by atomic mass is 16.5. The third-order valence-electron chi connectivity index (χ3n) is 3.67. The van der Waals surface area contributed by atoms with Crippen LogP contribution in [0.15, 0.2) is 30.3 Å². The molecule has 1 aliphatic rings. The Kier molecular flexibility index (Phi) is 3.81. The fourth-order valence-electron chi connectivity index (χ4n) is 2.55. The molecule has 22 heavy (non-hydrogen) atoms. The Morgan fingerprint density at radius 3 is 2.68 bits per heavy atom. The maximum atomic E-state index is 10.0. The van der Waals surface area contributed by atoms with E-state index >= 15 is 0 Å². The van der Waals surface area contributed by atoms with Gasteiger partial charge in [-0.3, -0.25) is 0 Å². The van der Waals surface area contributed by atoms with Crippen molar-refractivity contribution in [1.82, 2.24) is 4.98 Å². The van der Waals surface area contributed by atoms with Crippen LogP contribution in [0.3, 0.4) is 0 Å². The molecule has 0 atom stereocenters. The van der Waals surface area contributed by atoms with Crippen LogP contribution in [0.4, 0.5) is 11.5 Å². The number of para-hydroxylation sites is 1. The predicted octanol–water partition coefficient (Wildman–Crippen LogP) is 1.74. The molecular weight excluding hydrogens is 280 g/mol. The lowest BCUT2D eigenvalue weighted by atomic mass is 10.1. The molecule has 6 nitrogen and oxygen atoms in total. The minimum absolute atomic E-state index is 0.132. The van der Waals surface area contributed by atoms with E-state index in [0.717, 1.165) is 5.69 Å². The summed E-state index contributed by atoms with van der Waals surface area (Å²) in [7, 11) is 0. The van der Waals surface area contributed by atoms with Gasteiger partial charge in [-0.25, -0.2) is 4.98 Å². The standard InChI is InChI=1S/C16H16N4O2/c17-10-12-14(20-5-7-22-8-6-20)9-13(19-16(12)18)11-3-1-2-4-15(11)21/h1-4,9,21H,5-8H2,(H2,18,19). The summed E-state index contributed by atoms with van der Waals surface area (Å²) in [5.41, 5.74) is 8.19. The first-order valence-electron chi connectivity index (χ1n) is 7.02. The van der Waals surface area contributed by atoms with Crippen molar-refractivity contribution in [3.63, 3.8) is 0 Å². The quantitative estimate of drug-likeness (QED) is 0.876. The number of benzene rings is 1. The number of nitrogens with two attached hydrogens (primary N) is 1. The monoisotopic (exact) mass is 296 g/mol. The van der Waals surface area contributed by atoms with Crippen LogP contribution in [-0.4, -0.2) is 36.4 Å². The molecule has 1 fully saturated rings. The van der Waals surface area contributed by atoms with Gasteiger partial charge in [0.05, 0.1) is 24.6 Å². The number of hydrogen-bond acceptors (Lipinski definition) is 6. The van der Waals surface area contributed by atoms with Gasteiger partial charge >= 0.3 is 0 Å². The topological polar surface area (TPSA) is 95.4 Å². The number of phenols is 1. The van der Waals surface area contributed by atoms with Gasteiger partial charge in [-0.05, 0) is 18.2 Å². The zero-order chi connectivity index (χ0) is 15.5. The molecule has 6 heteroatoms. The molecule has 3 rings (SSSR count). The second-order valence-electron chi connectivity index (χ2n) is 5.02. The molecule has 3 N–H and O–H groups in total. The van der Waals surface area contributed by atoms with Crippen molar-refractivity contribution in [2.24, 2.45) is 0 Å². The molecule has 0 bridgehead atoms. The Hall–Kier alpha value is -2.78. The number of pyridine rings is 1. The van der Waals surface area contributed by atoms with Gasteiger partial charge in [0, 0.05) is 18.7 Å². The van der Waals surface area contributed by atoms with E-state index in [1.165, 1.54) is 0 Å². The number of nitrogens with zero attached hydrogens (tertiary/aromatic N) is 3. The third kappa shape index (κ3) is 2.54. The zero-order valence-electron chi connectivity index (χ0n) is 12.0. The lowest BCUT2D eigenvalue weighted by molar-refractivity contribution is 0.122. The first-order valence-corrected chi connectivity index (χ1v) is 7.02. The lowest BCUT2D eigenvalue weighted by Crippen LogP contribution is -2.36. The van der Waals surface area contributed by atoms with Crippen LogP contribution in [0, 0.1) is 11.3 Å². The van der Waals surface area contributed by atoms with Gasteiger partial charge in [-0.15, -0.1) is 0 Å². The van der Waals surface area contributed by atoms with Crippen LogP contribution in [0.25, 0.3) is 11.3 Å². The number of morpholine rings is 1. The summed E-state index contributed by atoms with van der Waals surface area (Å²) < 4.78 is 5.35. The minimum Gasteiger partial charge on any atom is -0.507 e. The zero-order valence-corrected chi connectivity index (χ0v) is 12.0. The number of nitriles is 1. The second kappa shape index (κ2) is 5.92. The van der Waals surface area contributed by atoms with Gasteiger partial charge in [0.2, 0.25) is 0 Å². The van der Waals surface area contributed by atoms with Gasteiger partial charge in [0.1, 0.15) is 23.2 Å². The highest BCUT2D eigenvalue weighted by Gasteiger charge is 2.20. The Balaban J connectivity index is 2.12. The van der Waals surface area contributed by atoms with Gasteiger partial charge in [0.15, 0.2) is 0 Å². The summed E-state index contributed by atoms with van der Waals surface area (Å²) in [6.45, 7) is 2.61. The maximum absolute atomic E-state index is 10.0. The predicted molar refractivity (Wildman–Crippen MR) is 83.5 cm³/mol. The SMILES string of the molecule is N#Cc1c(N2CCOCC2)cc(-c2ccccc2O)nc1N. The fraction of sp³-hybridized carbons (Fsp3) is 0.250. The summed E-state index contributed by atoms with van der Waals surface area (Å²) >= 11 is 0. The van der Waals surface area contributed by atoms with E-state index in [0.29, 0.717) is 43.1 Å². The van der Waals surface area contributed by atoms with Crippen molar-refractivity contribution in [3.8, 4) is 23.1 Å². The number of rotatable bonds is 2. The van der Waals surface area contributed by atoms with E-state index in [9.17, 15) is 10.4 Å². The first kappa shape index (κ1) is 14.2. The van der Waals surface area contributed by atoms with Gasteiger partial charge < -0.3 is 20.5 Å². The summed E-state index contributed by atoms with van der Waals surface area (Å²) in [6.07, 6.45) is 0. The molecule has 0 radical (unpaired) electrons. The molecule has 0 saturated carbocycles. The molecule has 112 valence electrons. The van der Waals surface area contributed by atoms with Crippen molar-refractivity contribution in [2.45, 2.75) is 0 Å². The molecule has 0 aliphatic carbocycles.